The van der Waals surface area contributed by atoms with Crippen molar-refractivity contribution in [2.24, 2.45) is 11.8 Å². The van der Waals surface area contributed by atoms with Gasteiger partial charge in [-0.15, -0.1) is 0 Å². The van der Waals surface area contributed by atoms with Crippen molar-refractivity contribution in [2.45, 2.75) is 51.6 Å². The first-order chi connectivity index (χ1) is 9.50. The highest BCUT2D eigenvalue weighted by Crippen LogP contribution is 2.33. The van der Waals surface area contributed by atoms with Gasteiger partial charge in [0.25, 0.3) is 0 Å². The van der Waals surface area contributed by atoms with Crippen molar-refractivity contribution in [3.8, 4) is 0 Å². The summed E-state index contributed by atoms with van der Waals surface area (Å²) >= 11 is 0. The molecule has 1 unspecified atom stereocenters. The fourth-order valence-corrected chi connectivity index (χ4v) is 3.78. The maximum Gasteiger partial charge on any atom is 0.240 e. The van der Waals surface area contributed by atoms with Crippen molar-refractivity contribution >= 4 is 5.91 Å². The van der Waals surface area contributed by atoms with E-state index in [0.717, 1.165) is 31.5 Å². The number of rotatable bonds is 3. The SMILES string of the molecule is CC(C)C1CCC(N2CCNCC2C(=O)N(C)C)CC1. The number of carbonyl (C=O) groups excluding carboxylic acids is 1. The summed E-state index contributed by atoms with van der Waals surface area (Å²) in [7, 11) is 3.73. The summed E-state index contributed by atoms with van der Waals surface area (Å²) in [4.78, 5) is 16.6. The third-order valence-corrected chi connectivity index (χ3v) is 5.16. The van der Waals surface area contributed by atoms with Crippen LogP contribution in [0.25, 0.3) is 0 Å². The molecule has 1 atom stereocenters. The molecule has 0 aromatic rings. The number of hydrogen-bond acceptors (Lipinski definition) is 3. The van der Waals surface area contributed by atoms with Crippen LogP contribution in [0.15, 0.2) is 0 Å². The molecule has 1 saturated heterocycles. The van der Waals surface area contributed by atoms with Crippen molar-refractivity contribution < 1.29 is 4.79 Å². The Balaban J connectivity index is 1.97. The minimum Gasteiger partial charge on any atom is -0.347 e. The lowest BCUT2D eigenvalue weighted by atomic mass is 9.79. The largest absolute Gasteiger partial charge is 0.347 e. The van der Waals surface area contributed by atoms with Crippen LogP contribution < -0.4 is 5.32 Å². The van der Waals surface area contributed by atoms with Crippen LogP contribution in [-0.2, 0) is 4.79 Å². The summed E-state index contributed by atoms with van der Waals surface area (Å²) in [5, 5.41) is 3.38. The van der Waals surface area contributed by atoms with Gasteiger partial charge >= 0.3 is 0 Å². The molecule has 4 heteroatoms. The second kappa shape index (κ2) is 6.90. The first-order valence-electron chi connectivity index (χ1n) is 8.18. The van der Waals surface area contributed by atoms with Crippen LogP contribution in [0.1, 0.15) is 39.5 Å². The minimum atomic E-state index is 0.0411. The van der Waals surface area contributed by atoms with Gasteiger partial charge in [0.15, 0.2) is 0 Å². The van der Waals surface area contributed by atoms with Crippen LogP contribution in [0.5, 0.6) is 0 Å². The number of hydrogen-bond donors (Lipinski definition) is 1. The Morgan fingerprint density at radius 2 is 1.85 bits per heavy atom. The summed E-state index contributed by atoms with van der Waals surface area (Å²) in [5.41, 5.74) is 0. The highest BCUT2D eigenvalue weighted by molar-refractivity contribution is 5.81. The summed E-state index contributed by atoms with van der Waals surface area (Å²) in [5.74, 6) is 1.94. The van der Waals surface area contributed by atoms with Gasteiger partial charge in [-0.2, -0.15) is 0 Å². The van der Waals surface area contributed by atoms with E-state index in [2.05, 4.69) is 24.1 Å². The van der Waals surface area contributed by atoms with E-state index in [9.17, 15) is 4.79 Å². The van der Waals surface area contributed by atoms with E-state index in [1.165, 1.54) is 25.7 Å². The Kier molecular flexibility index (Phi) is 5.44. The molecule has 1 heterocycles. The molecule has 2 fully saturated rings. The van der Waals surface area contributed by atoms with E-state index in [-0.39, 0.29) is 11.9 Å². The van der Waals surface area contributed by atoms with Gasteiger partial charge in [0, 0.05) is 39.8 Å². The molecule has 4 nitrogen and oxygen atoms in total. The molecule has 0 aromatic heterocycles. The average molecular weight is 281 g/mol. The van der Waals surface area contributed by atoms with Crippen molar-refractivity contribution in [1.29, 1.82) is 0 Å². The zero-order chi connectivity index (χ0) is 14.7. The highest BCUT2D eigenvalue weighted by atomic mass is 16.2. The van der Waals surface area contributed by atoms with E-state index < -0.39 is 0 Å². The lowest BCUT2D eigenvalue weighted by Crippen LogP contribution is -2.60. The van der Waals surface area contributed by atoms with Crippen molar-refractivity contribution in [1.82, 2.24) is 15.1 Å². The Labute approximate surface area is 123 Å². The smallest absolute Gasteiger partial charge is 0.240 e. The Hall–Kier alpha value is -0.610. The molecule has 2 aliphatic rings. The standard InChI is InChI=1S/C16H31N3O/c1-12(2)13-5-7-14(8-6-13)19-10-9-17-11-15(19)16(20)18(3)4/h12-15,17H,5-11H2,1-4H3. The predicted octanol–water partition coefficient (Wildman–Crippen LogP) is 1.56. The molecule has 1 aliphatic heterocycles. The number of piperazine rings is 1. The van der Waals surface area contributed by atoms with Crippen LogP contribution in [0.3, 0.4) is 0 Å². The van der Waals surface area contributed by atoms with Gasteiger partial charge < -0.3 is 10.2 Å². The monoisotopic (exact) mass is 281 g/mol. The van der Waals surface area contributed by atoms with E-state index in [1.807, 2.05) is 14.1 Å². The molecular formula is C16H31N3O. The fraction of sp³-hybridized carbons (Fsp3) is 0.938. The van der Waals surface area contributed by atoms with Gasteiger partial charge in [-0.3, -0.25) is 9.69 Å². The first kappa shape index (κ1) is 15.8. The molecule has 0 spiro atoms. The van der Waals surface area contributed by atoms with E-state index in [4.69, 9.17) is 0 Å². The van der Waals surface area contributed by atoms with Crippen LogP contribution in [-0.4, -0.2) is 61.5 Å². The highest BCUT2D eigenvalue weighted by Gasteiger charge is 2.36. The Bertz CT molecular complexity index is 322. The molecule has 0 bridgehead atoms. The molecular weight excluding hydrogens is 250 g/mol. The summed E-state index contributed by atoms with van der Waals surface area (Å²) in [6, 6.07) is 0.653. The topological polar surface area (TPSA) is 35.6 Å². The van der Waals surface area contributed by atoms with Crippen LogP contribution in [0.4, 0.5) is 0 Å². The van der Waals surface area contributed by atoms with E-state index >= 15 is 0 Å². The Morgan fingerprint density at radius 3 is 2.40 bits per heavy atom. The number of likely N-dealkylation sites (N-methyl/N-ethyl adjacent to an activating group) is 1. The van der Waals surface area contributed by atoms with Gasteiger partial charge in [-0.05, 0) is 37.5 Å². The maximum atomic E-state index is 12.4. The van der Waals surface area contributed by atoms with Crippen LogP contribution in [0.2, 0.25) is 0 Å². The van der Waals surface area contributed by atoms with Gasteiger partial charge in [0.1, 0.15) is 6.04 Å². The van der Waals surface area contributed by atoms with Crippen LogP contribution >= 0.6 is 0 Å². The van der Waals surface area contributed by atoms with Crippen molar-refractivity contribution in [3.05, 3.63) is 0 Å². The minimum absolute atomic E-state index is 0.0411. The fourth-order valence-electron chi connectivity index (χ4n) is 3.78. The zero-order valence-corrected chi connectivity index (χ0v) is 13.6. The van der Waals surface area contributed by atoms with Gasteiger partial charge in [-0.1, -0.05) is 13.8 Å². The van der Waals surface area contributed by atoms with Crippen molar-refractivity contribution in [3.63, 3.8) is 0 Å². The second-order valence-corrected chi connectivity index (χ2v) is 7.00. The van der Waals surface area contributed by atoms with Crippen molar-refractivity contribution in [2.75, 3.05) is 33.7 Å². The number of amides is 1. The summed E-state index contributed by atoms with van der Waals surface area (Å²) < 4.78 is 0. The summed E-state index contributed by atoms with van der Waals surface area (Å²) in [6.45, 7) is 7.52. The van der Waals surface area contributed by atoms with Crippen LogP contribution in [0, 0.1) is 11.8 Å². The average Bonchev–Trinajstić information content (AvgIpc) is 2.46. The molecule has 1 N–H and O–H groups in total. The molecule has 0 radical (unpaired) electrons. The lowest BCUT2D eigenvalue weighted by molar-refractivity contribution is -0.136. The third kappa shape index (κ3) is 3.53. The third-order valence-electron chi connectivity index (χ3n) is 5.16. The second-order valence-electron chi connectivity index (χ2n) is 7.00. The van der Waals surface area contributed by atoms with E-state index in [1.54, 1.807) is 4.90 Å². The first-order valence-corrected chi connectivity index (χ1v) is 8.18. The zero-order valence-electron chi connectivity index (χ0n) is 13.6. The molecule has 1 aliphatic carbocycles. The number of carbonyl (C=O) groups is 1. The molecule has 1 saturated carbocycles. The summed E-state index contributed by atoms with van der Waals surface area (Å²) in [6.07, 6.45) is 5.18. The molecule has 116 valence electrons. The molecule has 0 aromatic carbocycles. The van der Waals surface area contributed by atoms with Gasteiger partial charge in [-0.25, -0.2) is 0 Å². The maximum absolute atomic E-state index is 12.4. The van der Waals surface area contributed by atoms with Gasteiger partial charge in [0.2, 0.25) is 5.91 Å². The number of nitrogens with one attached hydrogen (secondary N) is 1. The predicted molar refractivity (Wildman–Crippen MR) is 82.6 cm³/mol. The normalized spacial score (nSPS) is 32.4. The quantitative estimate of drug-likeness (QED) is 0.853. The molecule has 1 amide bonds. The molecule has 20 heavy (non-hydrogen) atoms. The van der Waals surface area contributed by atoms with E-state index in [0.29, 0.717) is 6.04 Å². The lowest BCUT2D eigenvalue weighted by Gasteiger charge is -2.44. The molecule has 2 rings (SSSR count). The Morgan fingerprint density at radius 1 is 1.20 bits per heavy atom. The number of nitrogens with zero attached hydrogens (tertiary/aromatic N) is 2. The van der Waals surface area contributed by atoms with Gasteiger partial charge in [0.05, 0.1) is 0 Å².